The van der Waals surface area contributed by atoms with Gasteiger partial charge in [0, 0.05) is 12.7 Å². The van der Waals surface area contributed by atoms with Crippen LogP contribution in [0.5, 0.6) is 0 Å². The molecule has 132 valence electrons. The number of nitrogens with zero attached hydrogens (tertiary/aromatic N) is 2. The molecule has 0 radical (unpaired) electrons. The molecule has 0 aromatic carbocycles. The number of carbonyl (C=O) groups is 1. The van der Waals surface area contributed by atoms with Crippen molar-refractivity contribution < 1.29 is 18.0 Å². The largest absolute Gasteiger partial charge is 0.417 e. The Balaban J connectivity index is 2.46. The third-order valence-corrected chi connectivity index (χ3v) is 3.97. The van der Waals surface area contributed by atoms with Crippen molar-refractivity contribution in [2.75, 3.05) is 6.54 Å². The van der Waals surface area contributed by atoms with Crippen LogP contribution < -0.4 is 5.32 Å². The molecule has 0 unspecified atom stereocenters. The summed E-state index contributed by atoms with van der Waals surface area (Å²) in [5, 5.41) is 2.61. The third-order valence-electron chi connectivity index (χ3n) is 3.69. The molecule has 0 bridgehead atoms. The van der Waals surface area contributed by atoms with E-state index >= 15 is 0 Å². The Kier molecular flexibility index (Phi) is 5.74. The predicted octanol–water partition coefficient (Wildman–Crippen LogP) is 4.49. The molecular formula is C16H19ClF3N3O. The zero-order chi connectivity index (χ0) is 17.9. The Morgan fingerprint density at radius 2 is 2.04 bits per heavy atom. The van der Waals surface area contributed by atoms with Crippen molar-refractivity contribution in [3.63, 3.8) is 0 Å². The van der Waals surface area contributed by atoms with E-state index in [-0.39, 0.29) is 16.4 Å². The first-order valence-electron chi connectivity index (χ1n) is 7.85. The maximum atomic E-state index is 13.0. The van der Waals surface area contributed by atoms with Gasteiger partial charge in [-0.3, -0.25) is 9.20 Å². The topological polar surface area (TPSA) is 46.4 Å². The van der Waals surface area contributed by atoms with E-state index in [1.165, 1.54) is 0 Å². The molecule has 2 heterocycles. The molecule has 24 heavy (non-hydrogen) atoms. The van der Waals surface area contributed by atoms with E-state index in [2.05, 4.69) is 10.3 Å². The monoisotopic (exact) mass is 361 g/mol. The van der Waals surface area contributed by atoms with Crippen LogP contribution in [0.1, 0.15) is 54.9 Å². The van der Waals surface area contributed by atoms with Gasteiger partial charge in [0.1, 0.15) is 5.69 Å². The average molecular weight is 362 g/mol. The summed E-state index contributed by atoms with van der Waals surface area (Å²) in [7, 11) is 0. The number of hydrogen-bond acceptors (Lipinski definition) is 2. The first-order valence-corrected chi connectivity index (χ1v) is 8.23. The van der Waals surface area contributed by atoms with Crippen LogP contribution in [-0.4, -0.2) is 21.8 Å². The van der Waals surface area contributed by atoms with E-state index in [0.29, 0.717) is 18.7 Å². The number of halogens is 4. The summed E-state index contributed by atoms with van der Waals surface area (Å²) in [5.74, 6) is -0.439. The lowest BCUT2D eigenvalue weighted by molar-refractivity contribution is -0.137. The van der Waals surface area contributed by atoms with Gasteiger partial charge >= 0.3 is 6.18 Å². The van der Waals surface area contributed by atoms with Crippen LogP contribution in [0.4, 0.5) is 13.2 Å². The van der Waals surface area contributed by atoms with Crippen LogP contribution in [0.3, 0.4) is 0 Å². The average Bonchev–Trinajstić information content (AvgIpc) is 2.89. The molecule has 0 spiro atoms. The molecule has 0 saturated carbocycles. The summed E-state index contributed by atoms with van der Waals surface area (Å²) in [6.07, 6.45) is -0.474. The molecule has 0 aliphatic heterocycles. The molecular weight excluding hydrogens is 343 g/mol. The van der Waals surface area contributed by atoms with Crippen molar-refractivity contribution >= 4 is 23.2 Å². The van der Waals surface area contributed by atoms with Gasteiger partial charge in [-0.15, -0.1) is 0 Å². The van der Waals surface area contributed by atoms with Gasteiger partial charge in [-0.2, -0.15) is 13.2 Å². The molecule has 2 rings (SSSR count). The van der Waals surface area contributed by atoms with Crippen molar-refractivity contribution in [3.05, 3.63) is 34.2 Å². The Bertz CT molecular complexity index is 740. The minimum atomic E-state index is -4.55. The molecule has 0 fully saturated rings. The van der Waals surface area contributed by atoms with Crippen LogP contribution in [-0.2, 0) is 12.6 Å². The van der Waals surface area contributed by atoms with Crippen molar-refractivity contribution in [3.8, 4) is 0 Å². The van der Waals surface area contributed by atoms with Gasteiger partial charge in [0.15, 0.2) is 5.65 Å². The molecule has 1 amide bonds. The molecule has 2 aromatic rings. The van der Waals surface area contributed by atoms with Gasteiger partial charge in [0.25, 0.3) is 5.91 Å². The van der Waals surface area contributed by atoms with Crippen molar-refractivity contribution in [1.29, 1.82) is 0 Å². The minimum absolute atomic E-state index is 0.108. The molecule has 4 nitrogen and oxygen atoms in total. The number of unbranched alkanes of at least 4 members (excludes halogenated alkanes) is 2. The summed E-state index contributed by atoms with van der Waals surface area (Å²) < 4.78 is 40.2. The van der Waals surface area contributed by atoms with Crippen molar-refractivity contribution in [2.24, 2.45) is 0 Å². The molecule has 1 N–H and O–H groups in total. The molecule has 0 saturated heterocycles. The number of imidazole rings is 1. The number of hydrogen-bond donors (Lipinski definition) is 1. The van der Waals surface area contributed by atoms with E-state index in [4.69, 9.17) is 11.6 Å². The zero-order valence-electron chi connectivity index (χ0n) is 13.5. The number of nitrogens with one attached hydrogen (secondary N) is 1. The fourth-order valence-electron chi connectivity index (χ4n) is 2.45. The Morgan fingerprint density at radius 3 is 2.62 bits per heavy atom. The SMILES string of the molecule is CCCCCNC(=O)c1c(CC)nc2c(Cl)cc(C(F)(F)F)cn12. The number of alkyl halides is 3. The number of carbonyl (C=O) groups excluding carboxylic acids is 1. The Morgan fingerprint density at radius 1 is 1.33 bits per heavy atom. The summed E-state index contributed by atoms with van der Waals surface area (Å²) in [6, 6.07) is 0.826. The van der Waals surface area contributed by atoms with E-state index in [0.717, 1.165) is 35.9 Å². The van der Waals surface area contributed by atoms with Gasteiger partial charge in [0.2, 0.25) is 0 Å². The lowest BCUT2D eigenvalue weighted by Crippen LogP contribution is -2.27. The Hall–Kier alpha value is -1.76. The molecule has 8 heteroatoms. The van der Waals surface area contributed by atoms with Crippen molar-refractivity contribution in [1.82, 2.24) is 14.7 Å². The highest BCUT2D eigenvalue weighted by molar-refractivity contribution is 6.33. The minimum Gasteiger partial charge on any atom is -0.351 e. The number of aromatic nitrogens is 2. The van der Waals surface area contributed by atoms with Gasteiger partial charge in [-0.05, 0) is 18.9 Å². The number of pyridine rings is 1. The van der Waals surface area contributed by atoms with Crippen molar-refractivity contribution in [2.45, 2.75) is 45.7 Å². The van der Waals surface area contributed by atoms with E-state index < -0.39 is 17.6 Å². The zero-order valence-corrected chi connectivity index (χ0v) is 14.3. The lowest BCUT2D eigenvalue weighted by atomic mass is 10.2. The van der Waals surface area contributed by atoms with Gasteiger partial charge in [-0.1, -0.05) is 38.3 Å². The van der Waals surface area contributed by atoms with E-state index in [9.17, 15) is 18.0 Å². The van der Waals surface area contributed by atoms with Gasteiger partial charge in [-0.25, -0.2) is 4.98 Å². The number of fused-ring (bicyclic) bond motifs is 1. The normalized spacial score (nSPS) is 11.9. The smallest absolute Gasteiger partial charge is 0.351 e. The molecule has 0 atom stereocenters. The number of aryl methyl sites for hydroxylation is 1. The first-order chi connectivity index (χ1) is 11.3. The van der Waals surface area contributed by atoms with Gasteiger partial charge in [0.05, 0.1) is 16.3 Å². The second-order valence-electron chi connectivity index (χ2n) is 5.49. The van der Waals surface area contributed by atoms with Crippen LogP contribution in [0, 0.1) is 0 Å². The fourth-order valence-corrected chi connectivity index (χ4v) is 2.70. The maximum absolute atomic E-state index is 13.0. The van der Waals surface area contributed by atoms with Crippen LogP contribution in [0.2, 0.25) is 5.02 Å². The number of amides is 1. The molecule has 0 aliphatic rings. The molecule has 0 aliphatic carbocycles. The highest BCUT2D eigenvalue weighted by Gasteiger charge is 2.33. The quantitative estimate of drug-likeness (QED) is 0.770. The first kappa shape index (κ1) is 18.6. The second kappa shape index (κ2) is 7.42. The summed E-state index contributed by atoms with van der Waals surface area (Å²) in [4.78, 5) is 16.7. The van der Waals surface area contributed by atoms with E-state index in [1.54, 1.807) is 6.92 Å². The number of rotatable bonds is 6. The predicted molar refractivity (Wildman–Crippen MR) is 86.4 cm³/mol. The van der Waals surface area contributed by atoms with Crippen LogP contribution >= 0.6 is 11.6 Å². The van der Waals surface area contributed by atoms with Crippen LogP contribution in [0.15, 0.2) is 12.3 Å². The van der Waals surface area contributed by atoms with E-state index in [1.807, 2.05) is 6.92 Å². The summed E-state index contributed by atoms with van der Waals surface area (Å²) in [6.45, 7) is 4.30. The second-order valence-corrected chi connectivity index (χ2v) is 5.90. The standard InChI is InChI=1S/C16H19ClF3N3O/c1-3-5-6-7-21-15(24)13-12(4-2)22-14-11(17)8-10(9-23(13)14)16(18,19)20/h8-9H,3-7H2,1-2H3,(H,21,24). The molecule has 2 aromatic heterocycles. The van der Waals surface area contributed by atoms with Gasteiger partial charge < -0.3 is 5.32 Å². The Labute approximate surface area is 143 Å². The lowest BCUT2D eigenvalue weighted by Gasteiger charge is -2.10. The fraction of sp³-hybridized carbons (Fsp3) is 0.500. The third kappa shape index (κ3) is 3.83. The highest BCUT2D eigenvalue weighted by atomic mass is 35.5. The summed E-state index contributed by atoms with van der Waals surface area (Å²) in [5.41, 5.74) is -0.235. The highest BCUT2D eigenvalue weighted by Crippen LogP contribution is 2.33. The summed E-state index contributed by atoms with van der Waals surface area (Å²) >= 11 is 5.95. The maximum Gasteiger partial charge on any atom is 0.417 e. The van der Waals surface area contributed by atoms with Crippen LogP contribution in [0.25, 0.3) is 5.65 Å².